The summed E-state index contributed by atoms with van der Waals surface area (Å²) in [7, 11) is 0. The van der Waals surface area contributed by atoms with Crippen molar-refractivity contribution in [3.05, 3.63) is 0 Å². The van der Waals surface area contributed by atoms with Crippen LogP contribution in [0.5, 0.6) is 0 Å². The molecule has 1 aliphatic rings. The second-order valence-electron chi connectivity index (χ2n) is 6.89. The lowest BCUT2D eigenvalue weighted by Gasteiger charge is -2.22. The van der Waals surface area contributed by atoms with Crippen molar-refractivity contribution in [3.8, 4) is 0 Å². The summed E-state index contributed by atoms with van der Waals surface area (Å²) < 4.78 is 5.07. The van der Waals surface area contributed by atoms with Gasteiger partial charge in [-0.05, 0) is 32.1 Å². The minimum absolute atomic E-state index is 0.0798. The van der Waals surface area contributed by atoms with E-state index in [9.17, 15) is 14.4 Å². The van der Waals surface area contributed by atoms with E-state index < -0.39 is 6.04 Å². The Balaban J connectivity index is 2.27. The number of ether oxygens (including phenoxy) is 1. The first-order valence-electron chi connectivity index (χ1n) is 9.94. The summed E-state index contributed by atoms with van der Waals surface area (Å²) in [4.78, 5) is 37.8. The number of likely N-dealkylation sites (tertiary alicyclic amines) is 1. The molecule has 0 spiro atoms. The maximum absolute atomic E-state index is 12.0. The second kappa shape index (κ2) is 12.7. The summed E-state index contributed by atoms with van der Waals surface area (Å²) in [5, 5.41) is 5.85. The summed E-state index contributed by atoms with van der Waals surface area (Å²) in [6.07, 6.45) is 5.36. The first-order valence-corrected chi connectivity index (χ1v) is 9.94. The molecular formula is C19H35N3O4. The van der Waals surface area contributed by atoms with Crippen LogP contribution in [0.3, 0.4) is 0 Å². The molecule has 0 radical (unpaired) electrons. The standard InChI is InChI=1S/C19H35N3O4/c1-4-15(3)18(19(25)26-5-2)21-14-16(23)20-11-9-13-22-12-8-6-7-10-17(22)24/h15,18,21H,4-14H2,1-3H3,(H,20,23)/t15-,18-/m1/s1. The van der Waals surface area contributed by atoms with Crippen molar-refractivity contribution in [2.24, 2.45) is 5.92 Å². The summed E-state index contributed by atoms with van der Waals surface area (Å²) in [5.74, 6) is -0.142. The number of amides is 2. The molecular weight excluding hydrogens is 334 g/mol. The number of hydrogen-bond acceptors (Lipinski definition) is 5. The van der Waals surface area contributed by atoms with Gasteiger partial charge < -0.3 is 15.0 Å². The van der Waals surface area contributed by atoms with Gasteiger partial charge in [-0.1, -0.05) is 26.7 Å². The number of nitrogens with one attached hydrogen (secondary N) is 2. The van der Waals surface area contributed by atoms with Crippen molar-refractivity contribution in [1.82, 2.24) is 15.5 Å². The zero-order valence-corrected chi connectivity index (χ0v) is 16.5. The second-order valence-corrected chi connectivity index (χ2v) is 6.89. The van der Waals surface area contributed by atoms with Crippen LogP contribution in [-0.2, 0) is 19.1 Å². The molecule has 1 fully saturated rings. The van der Waals surface area contributed by atoms with Crippen molar-refractivity contribution in [3.63, 3.8) is 0 Å². The Labute approximate surface area is 157 Å². The van der Waals surface area contributed by atoms with Gasteiger partial charge in [-0.15, -0.1) is 0 Å². The zero-order chi connectivity index (χ0) is 19.4. The van der Waals surface area contributed by atoms with Gasteiger partial charge in [0.1, 0.15) is 6.04 Å². The lowest BCUT2D eigenvalue weighted by Crippen LogP contribution is -2.47. The minimum atomic E-state index is -0.472. The molecule has 0 unspecified atom stereocenters. The van der Waals surface area contributed by atoms with Gasteiger partial charge in [0.2, 0.25) is 11.8 Å². The van der Waals surface area contributed by atoms with Crippen molar-refractivity contribution in [2.45, 2.75) is 65.3 Å². The van der Waals surface area contributed by atoms with Crippen LogP contribution in [0.1, 0.15) is 59.3 Å². The molecule has 2 N–H and O–H groups in total. The smallest absolute Gasteiger partial charge is 0.323 e. The Bertz CT molecular complexity index is 456. The van der Waals surface area contributed by atoms with Crippen LogP contribution in [0, 0.1) is 5.92 Å². The zero-order valence-electron chi connectivity index (χ0n) is 16.5. The lowest BCUT2D eigenvalue weighted by molar-refractivity contribution is -0.147. The molecule has 1 saturated heterocycles. The van der Waals surface area contributed by atoms with Crippen molar-refractivity contribution in [2.75, 3.05) is 32.8 Å². The fourth-order valence-corrected chi connectivity index (χ4v) is 3.02. The van der Waals surface area contributed by atoms with Crippen LogP contribution in [0.25, 0.3) is 0 Å². The summed E-state index contributed by atoms with van der Waals surface area (Å²) in [5.41, 5.74) is 0. The van der Waals surface area contributed by atoms with Crippen molar-refractivity contribution in [1.29, 1.82) is 0 Å². The van der Waals surface area contributed by atoms with Crippen molar-refractivity contribution < 1.29 is 19.1 Å². The third-order valence-corrected chi connectivity index (χ3v) is 4.83. The van der Waals surface area contributed by atoms with E-state index in [1.165, 1.54) is 0 Å². The molecule has 7 nitrogen and oxygen atoms in total. The first kappa shape index (κ1) is 22.4. The van der Waals surface area contributed by atoms with Gasteiger partial charge in [0.15, 0.2) is 0 Å². The number of carbonyl (C=O) groups is 3. The predicted molar refractivity (Wildman–Crippen MR) is 101 cm³/mol. The van der Waals surface area contributed by atoms with Crippen LogP contribution in [0.15, 0.2) is 0 Å². The maximum atomic E-state index is 12.0. The van der Waals surface area contributed by atoms with Gasteiger partial charge in [0.25, 0.3) is 0 Å². The van der Waals surface area contributed by atoms with E-state index in [4.69, 9.17) is 4.74 Å². The van der Waals surface area contributed by atoms with Crippen LogP contribution in [-0.4, -0.2) is 61.5 Å². The fourth-order valence-electron chi connectivity index (χ4n) is 3.02. The summed E-state index contributed by atoms with van der Waals surface area (Å²) in [6, 6.07) is -0.472. The lowest BCUT2D eigenvalue weighted by atomic mass is 9.99. The van der Waals surface area contributed by atoms with Crippen LogP contribution >= 0.6 is 0 Å². The fraction of sp³-hybridized carbons (Fsp3) is 0.842. The van der Waals surface area contributed by atoms with Crippen LogP contribution in [0.2, 0.25) is 0 Å². The van der Waals surface area contributed by atoms with Gasteiger partial charge in [-0.25, -0.2) is 0 Å². The van der Waals surface area contributed by atoms with Crippen LogP contribution < -0.4 is 10.6 Å². The topological polar surface area (TPSA) is 87.7 Å². The Hall–Kier alpha value is -1.63. The van der Waals surface area contributed by atoms with E-state index >= 15 is 0 Å². The highest BCUT2D eigenvalue weighted by molar-refractivity contribution is 5.80. The predicted octanol–water partition coefficient (Wildman–Crippen LogP) is 1.46. The van der Waals surface area contributed by atoms with E-state index in [0.29, 0.717) is 26.1 Å². The van der Waals surface area contributed by atoms with Gasteiger partial charge in [-0.2, -0.15) is 0 Å². The molecule has 0 bridgehead atoms. The third-order valence-electron chi connectivity index (χ3n) is 4.83. The first-order chi connectivity index (χ1) is 12.5. The van der Waals surface area contributed by atoms with E-state index in [1.807, 2.05) is 18.7 Å². The van der Waals surface area contributed by atoms with Crippen molar-refractivity contribution >= 4 is 17.8 Å². The molecule has 1 rings (SSSR count). The molecule has 1 aliphatic heterocycles. The molecule has 0 aromatic rings. The molecule has 0 aliphatic carbocycles. The third kappa shape index (κ3) is 8.17. The molecule has 0 saturated carbocycles. The number of rotatable bonds is 11. The minimum Gasteiger partial charge on any atom is -0.465 e. The number of esters is 1. The largest absolute Gasteiger partial charge is 0.465 e. The van der Waals surface area contributed by atoms with Gasteiger partial charge in [0.05, 0.1) is 13.2 Å². The normalized spacial score (nSPS) is 17.3. The molecule has 0 aromatic heterocycles. The van der Waals surface area contributed by atoms with E-state index in [-0.39, 0.29) is 30.2 Å². The average molecular weight is 370 g/mol. The number of nitrogens with zero attached hydrogens (tertiary/aromatic N) is 1. The van der Waals surface area contributed by atoms with E-state index in [0.717, 1.165) is 38.6 Å². The average Bonchev–Trinajstić information content (AvgIpc) is 2.83. The highest BCUT2D eigenvalue weighted by Crippen LogP contribution is 2.11. The molecule has 7 heteroatoms. The highest BCUT2D eigenvalue weighted by atomic mass is 16.5. The molecule has 150 valence electrons. The SMILES string of the molecule is CCOC(=O)[C@H](NCC(=O)NCCCN1CCCCCC1=O)[C@H](C)CC. The Kier molecular flexibility index (Phi) is 10.9. The van der Waals surface area contributed by atoms with E-state index in [1.54, 1.807) is 6.92 Å². The number of hydrogen-bond donors (Lipinski definition) is 2. The summed E-state index contributed by atoms with van der Waals surface area (Å²) in [6.45, 7) is 8.18. The molecule has 2 amide bonds. The molecule has 26 heavy (non-hydrogen) atoms. The molecule has 0 aromatic carbocycles. The maximum Gasteiger partial charge on any atom is 0.323 e. The Morgan fingerprint density at radius 1 is 1.23 bits per heavy atom. The highest BCUT2D eigenvalue weighted by Gasteiger charge is 2.25. The number of carbonyl (C=O) groups excluding carboxylic acids is 3. The quantitative estimate of drug-likeness (QED) is 0.425. The summed E-state index contributed by atoms with van der Waals surface area (Å²) >= 11 is 0. The van der Waals surface area contributed by atoms with E-state index in [2.05, 4.69) is 10.6 Å². The van der Waals surface area contributed by atoms with Crippen LogP contribution in [0.4, 0.5) is 0 Å². The monoisotopic (exact) mass is 369 g/mol. The van der Waals surface area contributed by atoms with Gasteiger partial charge >= 0.3 is 5.97 Å². The molecule has 2 atom stereocenters. The Morgan fingerprint density at radius 3 is 2.69 bits per heavy atom. The van der Waals surface area contributed by atoms with Gasteiger partial charge in [0, 0.05) is 26.1 Å². The Morgan fingerprint density at radius 2 is 2.00 bits per heavy atom. The molecule has 1 heterocycles. The van der Waals surface area contributed by atoms with Gasteiger partial charge in [-0.3, -0.25) is 19.7 Å².